The van der Waals surface area contributed by atoms with Crippen LogP contribution in [0.1, 0.15) is 33.6 Å². The molecule has 2 heterocycles. The maximum absolute atomic E-state index is 11.8. The van der Waals surface area contributed by atoms with E-state index in [0.29, 0.717) is 6.54 Å². The molecule has 2 aromatic rings. The number of alkyl carbamates (subject to hydrolysis) is 1. The summed E-state index contributed by atoms with van der Waals surface area (Å²) >= 11 is 0. The molecular formula is C17H24N4O2. The molecule has 6 nitrogen and oxygen atoms in total. The summed E-state index contributed by atoms with van der Waals surface area (Å²) in [6, 6.07) is 8.24. The van der Waals surface area contributed by atoms with E-state index in [1.165, 1.54) is 0 Å². The molecule has 0 aliphatic carbocycles. The number of hydrogen-bond acceptors (Lipinski definition) is 4. The third-order valence-electron chi connectivity index (χ3n) is 3.91. The number of aromatic amines is 1. The summed E-state index contributed by atoms with van der Waals surface area (Å²) in [5.41, 5.74) is 1.53. The molecule has 1 aliphatic rings. The SMILES string of the molecule is CC(C)(C)OC(=O)NC[C@H]1CCCN1c1nc2ccccc2[nH]1. The van der Waals surface area contributed by atoms with Crippen LogP contribution in [-0.2, 0) is 4.74 Å². The summed E-state index contributed by atoms with van der Waals surface area (Å²) in [4.78, 5) is 22.1. The molecule has 1 aromatic carbocycles. The van der Waals surface area contributed by atoms with Gasteiger partial charge >= 0.3 is 6.09 Å². The van der Waals surface area contributed by atoms with E-state index in [0.717, 1.165) is 36.4 Å². The van der Waals surface area contributed by atoms with Crippen molar-refractivity contribution in [2.45, 2.75) is 45.3 Å². The minimum absolute atomic E-state index is 0.239. The predicted molar refractivity (Wildman–Crippen MR) is 90.7 cm³/mol. The molecule has 0 saturated carbocycles. The molecule has 124 valence electrons. The fraction of sp³-hybridized carbons (Fsp3) is 0.529. The topological polar surface area (TPSA) is 70.2 Å². The van der Waals surface area contributed by atoms with Gasteiger partial charge in [-0.15, -0.1) is 0 Å². The standard InChI is InChI=1S/C17H24N4O2/c1-17(2,3)23-16(22)18-11-12-7-6-10-21(12)15-19-13-8-4-5-9-14(13)20-15/h4-5,8-9,12H,6-7,10-11H2,1-3H3,(H,18,22)(H,19,20)/t12-/m1/s1. The van der Waals surface area contributed by atoms with Crippen LogP contribution in [0.2, 0.25) is 0 Å². The number of para-hydroxylation sites is 2. The number of imidazole rings is 1. The lowest BCUT2D eigenvalue weighted by Gasteiger charge is -2.25. The monoisotopic (exact) mass is 316 g/mol. The first-order valence-electron chi connectivity index (χ1n) is 8.11. The number of rotatable bonds is 3. The van der Waals surface area contributed by atoms with E-state index in [9.17, 15) is 4.79 Å². The summed E-state index contributed by atoms with van der Waals surface area (Å²) in [7, 11) is 0. The van der Waals surface area contributed by atoms with Gasteiger partial charge in [-0.2, -0.15) is 0 Å². The molecule has 1 fully saturated rings. The lowest BCUT2D eigenvalue weighted by Crippen LogP contribution is -2.42. The molecule has 1 aromatic heterocycles. The summed E-state index contributed by atoms with van der Waals surface area (Å²) in [5, 5.41) is 2.87. The number of anilines is 1. The van der Waals surface area contributed by atoms with Gasteiger partial charge in [0, 0.05) is 19.1 Å². The highest BCUT2D eigenvalue weighted by atomic mass is 16.6. The van der Waals surface area contributed by atoms with E-state index >= 15 is 0 Å². The maximum Gasteiger partial charge on any atom is 0.407 e. The van der Waals surface area contributed by atoms with Crippen molar-refractivity contribution in [1.29, 1.82) is 0 Å². The summed E-state index contributed by atoms with van der Waals surface area (Å²) in [5.74, 6) is 0.875. The quantitative estimate of drug-likeness (QED) is 0.913. The molecule has 1 atom stereocenters. The second-order valence-corrected chi connectivity index (χ2v) is 6.95. The van der Waals surface area contributed by atoms with Crippen molar-refractivity contribution in [2.24, 2.45) is 0 Å². The summed E-state index contributed by atoms with van der Waals surface area (Å²) in [6.07, 6.45) is 1.76. The first kappa shape index (κ1) is 15.6. The molecule has 2 N–H and O–H groups in total. The first-order valence-corrected chi connectivity index (χ1v) is 8.11. The van der Waals surface area contributed by atoms with E-state index in [-0.39, 0.29) is 12.1 Å². The van der Waals surface area contributed by atoms with E-state index < -0.39 is 5.60 Å². The first-order chi connectivity index (χ1) is 10.9. The van der Waals surface area contributed by atoms with E-state index in [4.69, 9.17) is 4.74 Å². The zero-order valence-corrected chi connectivity index (χ0v) is 13.9. The van der Waals surface area contributed by atoms with Crippen molar-refractivity contribution in [1.82, 2.24) is 15.3 Å². The third kappa shape index (κ3) is 3.75. The van der Waals surface area contributed by atoms with Crippen molar-refractivity contribution in [3.05, 3.63) is 24.3 Å². The normalized spacial score (nSPS) is 18.4. The number of H-pyrrole nitrogens is 1. The Morgan fingerprint density at radius 2 is 2.22 bits per heavy atom. The van der Waals surface area contributed by atoms with Crippen LogP contribution < -0.4 is 10.2 Å². The number of amides is 1. The second-order valence-electron chi connectivity index (χ2n) is 6.95. The molecule has 1 saturated heterocycles. The fourth-order valence-electron chi connectivity index (χ4n) is 2.92. The van der Waals surface area contributed by atoms with Crippen LogP contribution in [0.5, 0.6) is 0 Å². The fourth-order valence-corrected chi connectivity index (χ4v) is 2.92. The largest absolute Gasteiger partial charge is 0.444 e. The molecule has 0 bridgehead atoms. The second kappa shape index (κ2) is 6.10. The van der Waals surface area contributed by atoms with Gasteiger partial charge in [-0.1, -0.05) is 12.1 Å². The maximum atomic E-state index is 11.8. The Morgan fingerprint density at radius 1 is 1.43 bits per heavy atom. The Balaban J connectivity index is 1.65. The van der Waals surface area contributed by atoms with Crippen LogP contribution in [0.3, 0.4) is 0 Å². The van der Waals surface area contributed by atoms with Gasteiger partial charge in [-0.25, -0.2) is 9.78 Å². The minimum atomic E-state index is -0.474. The Kier molecular flexibility index (Phi) is 4.15. The van der Waals surface area contributed by atoms with Crippen LogP contribution in [0.4, 0.5) is 10.7 Å². The zero-order valence-electron chi connectivity index (χ0n) is 13.9. The minimum Gasteiger partial charge on any atom is -0.444 e. The van der Waals surface area contributed by atoms with E-state index in [1.54, 1.807) is 0 Å². The van der Waals surface area contributed by atoms with Crippen molar-refractivity contribution >= 4 is 23.1 Å². The van der Waals surface area contributed by atoms with Crippen molar-refractivity contribution in [2.75, 3.05) is 18.0 Å². The van der Waals surface area contributed by atoms with Crippen molar-refractivity contribution < 1.29 is 9.53 Å². The number of nitrogens with zero attached hydrogens (tertiary/aromatic N) is 2. The number of carbonyl (C=O) groups excluding carboxylic acids is 1. The molecule has 0 unspecified atom stereocenters. The van der Waals surface area contributed by atoms with Gasteiger partial charge in [-0.05, 0) is 45.7 Å². The highest BCUT2D eigenvalue weighted by molar-refractivity contribution is 5.77. The lowest BCUT2D eigenvalue weighted by atomic mass is 10.2. The van der Waals surface area contributed by atoms with Crippen molar-refractivity contribution in [3.8, 4) is 0 Å². The zero-order chi connectivity index (χ0) is 16.4. The third-order valence-corrected chi connectivity index (χ3v) is 3.91. The smallest absolute Gasteiger partial charge is 0.407 e. The molecule has 6 heteroatoms. The van der Waals surface area contributed by atoms with Gasteiger partial charge in [0.25, 0.3) is 0 Å². The van der Waals surface area contributed by atoms with Crippen LogP contribution in [0.15, 0.2) is 24.3 Å². The number of fused-ring (bicyclic) bond motifs is 1. The average Bonchev–Trinajstić information content (AvgIpc) is 3.09. The van der Waals surface area contributed by atoms with Crippen LogP contribution in [-0.4, -0.2) is 40.8 Å². The van der Waals surface area contributed by atoms with E-state index in [2.05, 4.69) is 20.2 Å². The molecule has 0 radical (unpaired) electrons. The van der Waals surface area contributed by atoms with Crippen molar-refractivity contribution in [3.63, 3.8) is 0 Å². The molecule has 1 amide bonds. The number of nitrogens with one attached hydrogen (secondary N) is 2. The van der Waals surface area contributed by atoms with Gasteiger partial charge in [0.05, 0.1) is 11.0 Å². The number of hydrogen-bond donors (Lipinski definition) is 2. The van der Waals surface area contributed by atoms with Gasteiger partial charge < -0.3 is 19.9 Å². The summed E-state index contributed by atoms with van der Waals surface area (Å²) in [6.45, 7) is 7.10. The molecular weight excluding hydrogens is 292 g/mol. The number of ether oxygens (including phenoxy) is 1. The van der Waals surface area contributed by atoms with Gasteiger partial charge in [-0.3, -0.25) is 0 Å². The highest BCUT2D eigenvalue weighted by Gasteiger charge is 2.28. The molecule has 1 aliphatic heterocycles. The van der Waals surface area contributed by atoms with Gasteiger partial charge in [0.1, 0.15) is 5.60 Å². The summed E-state index contributed by atoms with van der Waals surface area (Å²) < 4.78 is 5.29. The number of carbonyl (C=O) groups is 1. The molecule has 23 heavy (non-hydrogen) atoms. The van der Waals surface area contributed by atoms with Gasteiger partial charge in [0.15, 0.2) is 0 Å². The van der Waals surface area contributed by atoms with Gasteiger partial charge in [0.2, 0.25) is 5.95 Å². The average molecular weight is 316 g/mol. The Bertz CT molecular complexity index is 656. The molecule has 0 spiro atoms. The van der Waals surface area contributed by atoms with Crippen LogP contribution >= 0.6 is 0 Å². The number of aromatic nitrogens is 2. The lowest BCUT2D eigenvalue weighted by molar-refractivity contribution is 0.0525. The Hall–Kier alpha value is -2.24. The predicted octanol–water partition coefficient (Wildman–Crippen LogP) is 3.06. The van der Waals surface area contributed by atoms with Crippen LogP contribution in [0.25, 0.3) is 11.0 Å². The Labute approximate surface area is 136 Å². The molecule has 3 rings (SSSR count). The Morgan fingerprint density at radius 3 is 2.96 bits per heavy atom. The highest BCUT2D eigenvalue weighted by Crippen LogP contribution is 2.25. The van der Waals surface area contributed by atoms with Crippen LogP contribution in [0, 0.1) is 0 Å². The number of benzene rings is 1. The van der Waals surface area contributed by atoms with E-state index in [1.807, 2.05) is 45.0 Å².